The van der Waals surface area contributed by atoms with Crippen LogP contribution in [0.5, 0.6) is 5.75 Å². The molecule has 0 saturated heterocycles. The molecule has 9 nitrogen and oxygen atoms in total. The third kappa shape index (κ3) is 7.66. The van der Waals surface area contributed by atoms with Gasteiger partial charge in [-0.3, -0.25) is 4.79 Å². The molecule has 2 aromatic heterocycles. The summed E-state index contributed by atoms with van der Waals surface area (Å²) >= 11 is 0. The summed E-state index contributed by atoms with van der Waals surface area (Å²) in [5.74, 6) is 1.53. The van der Waals surface area contributed by atoms with Crippen LogP contribution in [0.4, 0.5) is 11.5 Å². The second-order valence-electron chi connectivity index (χ2n) is 9.63. The molecule has 0 unspecified atom stereocenters. The van der Waals surface area contributed by atoms with Crippen molar-refractivity contribution < 1.29 is 50.9 Å². The van der Waals surface area contributed by atoms with E-state index in [0.717, 1.165) is 17.1 Å². The van der Waals surface area contributed by atoms with Gasteiger partial charge in [0.1, 0.15) is 17.2 Å². The molecule has 2 aromatic carbocycles. The van der Waals surface area contributed by atoms with Crippen molar-refractivity contribution >= 4 is 27.4 Å². The number of furan rings is 1. The van der Waals surface area contributed by atoms with Crippen molar-refractivity contribution in [3.63, 3.8) is 0 Å². The molecule has 0 bridgehead atoms. The SMILES string of the molecule is COc1cc(C)c(S(=O)(=O)N(C)Cc2occc2C(=O)NCCc2ccc(Nc3cccc[n+]3C)cc2)c(C)c1.[I-]. The predicted octanol–water partition coefficient (Wildman–Crippen LogP) is 1.27. The molecule has 41 heavy (non-hydrogen) atoms. The molecule has 0 radical (unpaired) electrons. The molecule has 0 atom stereocenters. The third-order valence-corrected chi connectivity index (χ3v) is 8.78. The van der Waals surface area contributed by atoms with Crippen molar-refractivity contribution in [3.8, 4) is 5.75 Å². The first kappa shape index (κ1) is 32.1. The largest absolute Gasteiger partial charge is 1.00 e. The van der Waals surface area contributed by atoms with E-state index < -0.39 is 10.0 Å². The molecular weight excluding hydrogens is 655 g/mol. The van der Waals surface area contributed by atoms with Gasteiger partial charge < -0.3 is 38.4 Å². The van der Waals surface area contributed by atoms with Gasteiger partial charge in [-0.2, -0.15) is 4.31 Å². The summed E-state index contributed by atoms with van der Waals surface area (Å²) in [6.45, 7) is 3.80. The zero-order chi connectivity index (χ0) is 28.9. The Labute approximate surface area is 258 Å². The number of ether oxygens (including phenoxy) is 1. The lowest BCUT2D eigenvalue weighted by Gasteiger charge is -2.20. The van der Waals surface area contributed by atoms with Crippen LogP contribution in [0.3, 0.4) is 0 Å². The fourth-order valence-corrected chi connectivity index (χ4v) is 6.05. The number of benzene rings is 2. The summed E-state index contributed by atoms with van der Waals surface area (Å²) in [6, 6.07) is 18.9. The molecule has 2 N–H and O–H groups in total. The number of nitrogens with one attached hydrogen (secondary N) is 2. The molecule has 0 spiro atoms. The standard InChI is InChI=1S/C30H34N4O5S.HI/c1-21-18-25(38-5)19-22(2)29(21)40(36,37)34(4)20-27-26(14-17-39-27)30(35)31-15-13-23-9-11-24(12-10-23)32-28-8-6-7-16-33(28)3;/h6-12,14,16-19H,13,15,20H2,1-5H3,(H,31,35);1H. The maximum absolute atomic E-state index is 13.4. The number of amides is 1. The summed E-state index contributed by atoms with van der Waals surface area (Å²) in [7, 11) is 1.14. The van der Waals surface area contributed by atoms with Gasteiger partial charge in [0.2, 0.25) is 10.0 Å². The second kappa shape index (κ2) is 14.0. The van der Waals surface area contributed by atoms with Gasteiger partial charge in [0, 0.05) is 19.7 Å². The van der Waals surface area contributed by atoms with Gasteiger partial charge >= 0.3 is 0 Å². The average Bonchev–Trinajstić information content (AvgIpc) is 3.38. The number of carbonyl (C=O) groups is 1. The van der Waals surface area contributed by atoms with Crippen molar-refractivity contribution in [1.29, 1.82) is 0 Å². The number of aryl methyl sites for hydroxylation is 3. The summed E-state index contributed by atoms with van der Waals surface area (Å²) in [4.78, 5) is 13.1. The number of hydrogen-bond acceptors (Lipinski definition) is 6. The lowest BCUT2D eigenvalue weighted by Crippen LogP contribution is -3.00. The van der Waals surface area contributed by atoms with Gasteiger partial charge in [-0.05, 0) is 73.4 Å². The van der Waals surface area contributed by atoms with Crippen LogP contribution in [0.25, 0.3) is 0 Å². The number of sulfonamides is 1. The summed E-state index contributed by atoms with van der Waals surface area (Å²) < 4.78 is 40.7. The number of aromatic nitrogens is 1. The molecule has 0 aliphatic heterocycles. The van der Waals surface area contributed by atoms with Gasteiger partial charge in [0.25, 0.3) is 11.7 Å². The Morgan fingerprint density at radius 2 is 1.73 bits per heavy atom. The number of anilines is 2. The molecular formula is C30H35IN4O5S. The topological polar surface area (TPSA) is 105 Å². The lowest BCUT2D eigenvalue weighted by atomic mass is 10.1. The maximum atomic E-state index is 13.4. The maximum Gasteiger partial charge on any atom is 0.279 e. The molecule has 4 rings (SSSR count). The third-order valence-electron chi connectivity index (χ3n) is 6.67. The molecule has 0 aliphatic rings. The van der Waals surface area contributed by atoms with Gasteiger partial charge in [0.15, 0.2) is 0 Å². The fraction of sp³-hybridized carbons (Fsp3) is 0.267. The first-order valence-electron chi connectivity index (χ1n) is 12.9. The van der Waals surface area contributed by atoms with Crippen molar-refractivity contribution in [2.24, 2.45) is 7.05 Å². The summed E-state index contributed by atoms with van der Waals surface area (Å²) in [6.07, 6.45) is 4.01. The second-order valence-corrected chi connectivity index (χ2v) is 11.6. The van der Waals surface area contributed by atoms with Crippen LogP contribution in [-0.4, -0.2) is 39.3 Å². The smallest absolute Gasteiger partial charge is 0.279 e. The molecule has 0 saturated carbocycles. The molecule has 4 aromatic rings. The molecule has 218 valence electrons. The van der Waals surface area contributed by atoms with E-state index in [1.807, 2.05) is 60.3 Å². The Hall–Kier alpha value is -3.42. The van der Waals surface area contributed by atoms with Crippen molar-refractivity contribution in [2.75, 3.05) is 26.0 Å². The molecule has 1 amide bonds. The van der Waals surface area contributed by atoms with Crippen molar-refractivity contribution in [2.45, 2.75) is 31.7 Å². The van der Waals surface area contributed by atoms with Crippen molar-refractivity contribution in [1.82, 2.24) is 9.62 Å². The Balaban J connectivity index is 0.00000462. The molecule has 2 heterocycles. The van der Waals surface area contributed by atoms with Crippen LogP contribution in [0.1, 0.15) is 32.8 Å². The highest BCUT2D eigenvalue weighted by Crippen LogP contribution is 2.29. The van der Waals surface area contributed by atoms with E-state index in [0.29, 0.717) is 35.4 Å². The van der Waals surface area contributed by atoms with Crippen LogP contribution in [-0.2, 0) is 30.0 Å². The van der Waals surface area contributed by atoms with Gasteiger partial charge in [-0.25, -0.2) is 18.3 Å². The highest BCUT2D eigenvalue weighted by molar-refractivity contribution is 7.89. The van der Waals surface area contributed by atoms with Crippen LogP contribution in [0, 0.1) is 13.8 Å². The Morgan fingerprint density at radius 3 is 2.37 bits per heavy atom. The zero-order valence-electron chi connectivity index (χ0n) is 23.8. The molecule has 11 heteroatoms. The normalized spacial score (nSPS) is 11.2. The monoisotopic (exact) mass is 690 g/mol. The highest BCUT2D eigenvalue weighted by Gasteiger charge is 2.28. The average molecular weight is 691 g/mol. The van der Waals surface area contributed by atoms with Gasteiger partial charge in [-0.15, -0.1) is 0 Å². The predicted molar refractivity (Wildman–Crippen MR) is 153 cm³/mol. The molecule has 0 fully saturated rings. The van der Waals surface area contributed by atoms with Crippen LogP contribution in [0.2, 0.25) is 0 Å². The number of carbonyl (C=O) groups excluding carboxylic acids is 1. The van der Waals surface area contributed by atoms with Crippen LogP contribution in [0.15, 0.2) is 82.4 Å². The minimum Gasteiger partial charge on any atom is -1.00 e. The number of nitrogens with zero attached hydrogens (tertiary/aromatic N) is 2. The Bertz CT molecular complexity index is 1580. The minimum atomic E-state index is -3.84. The van der Waals surface area contributed by atoms with E-state index >= 15 is 0 Å². The van der Waals surface area contributed by atoms with Crippen LogP contribution >= 0.6 is 0 Å². The van der Waals surface area contributed by atoms with Gasteiger partial charge in [0.05, 0.1) is 43.6 Å². The van der Waals surface area contributed by atoms with E-state index in [4.69, 9.17) is 9.15 Å². The van der Waals surface area contributed by atoms with E-state index in [1.165, 1.54) is 24.7 Å². The highest BCUT2D eigenvalue weighted by atomic mass is 127. The number of rotatable bonds is 11. The Kier molecular flexibility index (Phi) is 10.9. The zero-order valence-corrected chi connectivity index (χ0v) is 26.7. The Morgan fingerprint density at radius 1 is 1.05 bits per heavy atom. The summed E-state index contributed by atoms with van der Waals surface area (Å²) in [5.41, 5.74) is 3.52. The van der Waals surface area contributed by atoms with Crippen LogP contribution < -0.4 is 43.9 Å². The number of halogens is 1. The van der Waals surface area contributed by atoms with E-state index in [9.17, 15) is 13.2 Å². The van der Waals surface area contributed by atoms with Crippen molar-refractivity contribution in [3.05, 3.63) is 101 Å². The first-order valence-corrected chi connectivity index (χ1v) is 14.3. The number of pyridine rings is 1. The van der Waals surface area contributed by atoms with E-state index in [-0.39, 0.29) is 47.1 Å². The molecule has 0 aliphatic carbocycles. The van der Waals surface area contributed by atoms with E-state index in [2.05, 4.69) is 10.6 Å². The minimum absolute atomic E-state index is 0. The van der Waals surface area contributed by atoms with Gasteiger partial charge in [-0.1, -0.05) is 18.2 Å². The number of methoxy groups -OCH3 is 1. The van der Waals surface area contributed by atoms with E-state index in [1.54, 1.807) is 32.0 Å². The summed E-state index contributed by atoms with van der Waals surface area (Å²) in [5, 5.41) is 6.29. The lowest BCUT2D eigenvalue weighted by molar-refractivity contribution is -0.657. The first-order chi connectivity index (χ1) is 19.1. The fourth-order valence-electron chi connectivity index (χ4n) is 4.52. The quantitative estimate of drug-likeness (QED) is 0.182. The number of hydrogen-bond donors (Lipinski definition) is 2.